The summed E-state index contributed by atoms with van der Waals surface area (Å²) >= 11 is 0. The molecular formula is C18H21F3N4O4S. The van der Waals surface area contributed by atoms with Crippen molar-refractivity contribution in [3.63, 3.8) is 0 Å². The van der Waals surface area contributed by atoms with Crippen LogP contribution in [0.1, 0.15) is 55.9 Å². The molecule has 12 heteroatoms. The summed E-state index contributed by atoms with van der Waals surface area (Å²) in [5.74, 6) is 0.262. The van der Waals surface area contributed by atoms with E-state index in [2.05, 4.69) is 15.5 Å². The maximum atomic E-state index is 12.8. The van der Waals surface area contributed by atoms with Gasteiger partial charge in [0.05, 0.1) is 17.0 Å². The zero-order valence-electron chi connectivity index (χ0n) is 16.2. The SMILES string of the molecule is CC(C)C(NC(=O)CNS(=O)(=O)c1cccc(C(F)(F)F)c1)c1nc(C2CC2)no1. The van der Waals surface area contributed by atoms with Gasteiger partial charge in [0.15, 0.2) is 5.82 Å². The van der Waals surface area contributed by atoms with Crippen LogP contribution in [0.2, 0.25) is 0 Å². The minimum absolute atomic E-state index is 0.124. The van der Waals surface area contributed by atoms with E-state index in [0.29, 0.717) is 11.9 Å². The highest BCUT2D eigenvalue weighted by Crippen LogP contribution is 2.38. The van der Waals surface area contributed by atoms with E-state index in [4.69, 9.17) is 4.52 Å². The molecule has 1 atom stereocenters. The number of nitrogens with zero attached hydrogens (tertiary/aromatic N) is 2. The Bertz CT molecular complexity index is 1020. The van der Waals surface area contributed by atoms with Gasteiger partial charge in [0.1, 0.15) is 6.04 Å². The first-order valence-corrected chi connectivity index (χ1v) is 10.8. The smallest absolute Gasteiger partial charge is 0.343 e. The molecule has 1 fully saturated rings. The van der Waals surface area contributed by atoms with E-state index < -0.39 is 45.2 Å². The first-order chi connectivity index (χ1) is 14.0. The lowest BCUT2D eigenvalue weighted by molar-refractivity contribution is -0.137. The Morgan fingerprint density at radius 1 is 1.30 bits per heavy atom. The number of sulfonamides is 1. The average molecular weight is 446 g/mol. The minimum atomic E-state index is -4.68. The molecule has 0 spiro atoms. The predicted octanol–water partition coefficient (Wildman–Crippen LogP) is 2.76. The Hall–Kier alpha value is -2.47. The molecule has 1 saturated carbocycles. The maximum absolute atomic E-state index is 12.8. The lowest BCUT2D eigenvalue weighted by atomic mass is 10.0. The van der Waals surface area contributed by atoms with Crippen LogP contribution >= 0.6 is 0 Å². The first kappa shape index (κ1) is 22.2. The fraction of sp³-hybridized carbons (Fsp3) is 0.500. The van der Waals surface area contributed by atoms with E-state index in [9.17, 15) is 26.4 Å². The van der Waals surface area contributed by atoms with Crippen LogP contribution in [0.4, 0.5) is 13.2 Å². The van der Waals surface area contributed by atoms with E-state index in [-0.39, 0.29) is 17.7 Å². The summed E-state index contributed by atoms with van der Waals surface area (Å²) < 4.78 is 70.2. The van der Waals surface area contributed by atoms with Crippen molar-refractivity contribution >= 4 is 15.9 Å². The molecule has 0 saturated heterocycles. The normalized spacial score (nSPS) is 15.9. The predicted molar refractivity (Wildman–Crippen MR) is 98.6 cm³/mol. The Kier molecular flexibility index (Phi) is 6.18. The molecule has 0 aliphatic heterocycles. The highest BCUT2D eigenvalue weighted by Gasteiger charge is 2.33. The highest BCUT2D eigenvalue weighted by molar-refractivity contribution is 7.89. The third-order valence-corrected chi connectivity index (χ3v) is 5.94. The van der Waals surface area contributed by atoms with E-state index in [0.717, 1.165) is 31.0 Å². The number of nitrogens with one attached hydrogen (secondary N) is 2. The van der Waals surface area contributed by atoms with Crippen molar-refractivity contribution in [1.29, 1.82) is 0 Å². The highest BCUT2D eigenvalue weighted by atomic mass is 32.2. The molecule has 1 aliphatic carbocycles. The summed E-state index contributed by atoms with van der Waals surface area (Å²) in [6.07, 6.45) is -2.72. The minimum Gasteiger partial charge on any atom is -0.343 e. The molecule has 0 bridgehead atoms. The van der Waals surface area contributed by atoms with Gasteiger partial charge in [-0.1, -0.05) is 25.1 Å². The summed E-state index contributed by atoms with van der Waals surface area (Å²) in [5, 5.41) is 6.52. The number of halogens is 3. The van der Waals surface area contributed by atoms with Gasteiger partial charge in [-0.05, 0) is 37.0 Å². The van der Waals surface area contributed by atoms with Crippen molar-refractivity contribution in [3.05, 3.63) is 41.5 Å². The van der Waals surface area contributed by atoms with Gasteiger partial charge in [-0.15, -0.1) is 0 Å². The first-order valence-electron chi connectivity index (χ1n) is 9.27. The third-order valence-electron chi connectivity index (χ3n) is 4.54. The van der Waals surface area contributed by atoms with Crippen molar-refractivity contribution in [2.24, 2.45) is 5.92 Å². The Balaban J connectivity index is 1.64. The van der Waals surface area contributed by atoms with Gasteiger partial charge in [0, 0.05) is 5.92 Å². The number of rotatable bonds is 8. The number of carbonyl (C=O) groups is 1. The molecule has 164 valence electrons. The van der Waals surface area contributed by atoms with E-state index in [1.54, 1.807) is 0 Å². The monoisotopic (exact) mass is 446 g/mol. The van der Waals surface area contributed by atoms with Crippen molar-refractivity contribution < 1.29 is 30.9 Å². The molecule has 1 aromatic heterocycles. The van der Waals surface area contributed by atoms with Gasteiger partial charge in [-0.25, -0.2) is 13.1 Å². The van der Waals surface area contributed by atoms with E-state index in [1.807, 2.05) is 18.6 Å². The fourth-order valence-corrected chi connectivity index (χ4v) is 3.73. The standard InChI is InChI=1S/C18H21F3N4O4S/c1-10(2)15(17-24-16(25-29-17)11-6-7-11)23-14(26)9-22-30(27,28)13-5-3-4-12(8-13)18(19,20)21/h3-5,8,10-11,15,22H,6-7,9H2,1-2H3,(H,23,26). The van der Waals surface area contributed by atoms with Crippen LogP contribution in [0.5, 0.6) is 0 Å². The molecular weight excluding hydrogens is 425 g/mol. The van der Waals surface area contributed by atoms with Crippen LogP contribution in [-0.4, -0.2) is 31.0 Å². The molecule has 8 nitrogen and oxygen atoms in total. The molecule has 0 radical (unpaired) electrons. The topological polar surface area (TPSA) is 114 Å². The summed E-state index contributed by atoms with van der Waals surface area (Å²) in [4.78, 5) is 16.0. The van der Waals surface area contributed by atoms with Crippen LogP contribution in [0, 0.1) is 5.92 Å². The van der Waals surface area contributed by atoms with Crippen molar-refractivity contribution in [2.45, 2.75) is 49.7 Å². The van der Waals surface area contributed by atoms with Gasteiger partial charge in [0.25, 0.3) is 0 Å². The zero-order chi connectivity index (χ0) is 22.1. The molecule has 3 rings (SSSR count). The zero-order valence-corrected chi connectivity index (χ0v) is 17.0. The fourth-order valence-electron chi connectivity index (χ4n) is 2.70. The molecule has 2 aromatic rings. The van der Waals surface area contributed by atoms with Crippen LogP contribution in [0.15, 0.2) is 33.7 Å². The number of benzene rings is 1. The number of aromatic nitrogens is 2. The maximum Gasteiger partial charge on any atom is 0.416 e. The molecule has 1 heterocycles. The molecule has 1 aliphatic rings. The van der Waals surface area contributed by atoms with Gasteiger partial charge in [-0.2, -0.15) is 18.2 Å². The van der Waals surface area contributed by atoms with Gasteiger partial charge >= 0.3 is 6.18 Å². The Labute approximate surface area is 171 Å². The van der Waals surface area contributed by atoms with Crippen molar-refractivity contribution in [1.82, 2.24) is 20.2 Å². The second kappa shape index (κ2) is 8.34. The molecule has 2 N–H and O–H groups in total. The van der Waals surface area contributed by atoms with Crippen LogP contribution < -0.4 is 10.0 Å². The number of alkyl halides is 3. The van der Waals surface area contributed by atoms with Gasteiger partial charge in [0.2, 0.25) is 21.8 Å². The second-order valence-electron chi connectivity index (χ2n) is 7.40. The largest absolute Gasteiger partial charge is 0.416 e. The lowest BCUT2D eigenvalue weighted by Crippen LogP contribution is -2.40. The van der Waals surface area contributed by atoms with E-state index in [1.165, 1.54) is 0 Å². The number of hydrogen-bond acceptors (Lipinski definition) is 6. The third kappa shape index (κ3) is 5.36. The number of amides is 1. The van der Waals surface area contributed by atoms with Crippen LogP contribution in [0.25, 0.3) is 0 Å². The van der Waals surface area contributed by atoms with Crippen molar-refractivity contribution in [3.8, 4) is 0 Å². The summed E-state index contributed by atoms with van der Waals surface area (Å²) in [6.45, 7) is 2.98. The summed E-state index contributed by atoms with van der Waals surface area (Å²) in [6, 6.07) is 2.65. The quantitative estimate of drug-likeness (QED) is 0.645. The molecule has 1 unspecified atom stereocenters. The molecule has 1 amide bonds. The Morgan fingerprint density at radius 2 is 2.00 bits per heavy atom. The van der Waals surface area contributed by atoms with Gasteiger partial charge < -0.3 is 9.84 Å². The second-order valence-corrected chi connectivity index (χ2v) is 9.17. The summed E-state index contributed by atoms with van der Waals surface area (Å²) in [7, 11) is -4.32. The lowest BCUT2D eigenvalue weighted by Gasteiger charge is -2.18. The average Bonchev–Trinajstić information content (AvgIpc) is 3.41. The molecule has 30 heavy (non-hydrogen) atoms. The van der Waals surface area contributed by atoms with E-state index >= 15 is 0 Å². The van der Waals surface area contributed by atoms with Gasteiger partial charge in [-0.3, -0.25) is 4.79 Å². The number of carbonyl (C=O) groups excluding carboxylic acids is 1. The van der Waals surface area contributed by atoms with Crippen molar-refractivity contribution in [2.75, 3.05) is 6.54 Å². The van der Waals surface area contributed by atoms with Crippen LogP contribution in [-0.2, 0) is 21.0 Å². The molecule has 1 aromatic carbocycles. The Morgan fingerprint density at radius 3 is 2.60 bits per heavy atom. The number of hydrogen-bond donors (Lipinski definition) is 2. The summed E-state index contributed by atoms with van der Waals surface area (Å²) in [5.41, 5.74) is -1.10. The van der Waals surface area contributed by atoms with Crippen LogP contribution in [0.3, 0.4) is 0 Å².